The molecule has 0 amide bonds. The van der Waals surface area contributed by atoms with Crippen LogP contribution in [-0.4, -0.2) is 52.4 Å². The maximum atomic E-state index is 11.7. The zero-order valence-corrected chi connectivity index (χ0v) is 10.8. The van der Waals surface area contributed by atoms with Crippen LogP contribution in [0.25, 0.3) is 0 Å². The average molecular weight is 289 g/mol. The molecule has 1 heterocycles. The van der Waals surface area contributed by atoms with Gasteiger partial charge in [-0.2, -0.15) is 13.2 Å². The molecule has 18 heavy (non-hydrogen) atoms. The molecule has 0 spiro atoms. The smallest absolute Gasteiger partial charge is 0.372 e. The fourth-order valence-electron chi connectivity index (χ4n) is 1.83. The van der Waals surface area contributed by atoms with Crippen LogP contribution in [0.5, 0.6) is 0 Å². The molecule has 0 aromatic heterocycles. The molecule has 0 aromatic carbocycles. The lowest BCUT2D eigenvalue weighted by Gasteiger charge is -2.10. The maximum absolute atomic E-state index is 11.7. The van der Waals surface area contributed by atoms with E-state index in [9.17, 15) is 21.6 Å². The molecule has 0 aromatic rings. The van der Waals surface area contributed by atoms with Crippen LogP contribution in [-0.2, 0) is 14.6 Å². The van der Waals surface area contributed by atoms with E-state index >= 15 is 0 Å². The van der Waals surface area contributed by atoms with E-state index in [1.165, 1.54) is 0 Å². The summed E-state index contributed by atoms with van der Waals surface area (Å²) in [5.74, 6) is 0.588. The van der Waals surface area contributed by atoms with Crippen molar-refractivity contribution >= 4 is 9.84 Å². The summed E-state index contributed by atoms with van der Waals surface area (Å²) in [5, 5.41) is 3.04. The van der Waals surface area contributed by atoms with Crippen molar-refractivity contribution in [1.82, 2.24) is 5.32 Å². The van der Waals surface area contributed by atoms with E-state index < -0.39 is 22.6 Å². The number of alkyl halides is 3. The van der Waals surface area contributed by atoms with Crippen molar-refractivity contribution in [3.8, 4) is 0 Å². The molecular weight excluding hydrogens is 271 g/mol. The molecule has 1 fully saturated rings. The van der Waals surface area contributed by atoms with E-state index in [1.54, 1.807) is 0 Å². The van der Waals surface area contributed by atoms with Gasteiger partial charge in [0.25, 0.3) is 0 Å². The van der Waals surface area contributed by atoms with E-state index in [-0.39, 0.29) is 24.0 Å². The minimum absolute atomic E-state index is 0.0511. The minimum atomic E-state index is -4.27. The predicted octanol–water partition coefficient (Wildman–Crippen LogP) is 0.980. The van der Waals surface area contributed by atoms with Gasteiger partial charge in [0.05, 0.1) is 11.5 Å². The molecule has 0 aliphatic carbocycles. The van der Waals surface area contributed by atoms with E-state index in [2.05, 4.69) is 10.1 Å². The molecule has 1 N–H and O–H groups in total. The molecule has 1 aliphatic heterocycles. The second-order valence-electron chi connectivity index (χ2n) is 4.49. The van der Waals surface area contributed by atoms with Gasteiger partial charge in [-0.05, 0) is 31.8 Å². The summed E-state index contributed by atoms with van der Waals surface area (Å²) in [4.78, 5) is 0. The minimum Gasteiger partial charge on any atom is -0.372 e. The number of hydrogen-bond acceptors (Lipinski definition) is 4. The summed E-state index contributed by atoms with van der Waals surface area (Å²) < 4.78 is 61.9. The summed E-state index contributed by atoms with van der Waals surface area (Å²) >= 11 is 0. The van der Waals surface area contributed by atoms with Gasteiger partial charge in [0.15, 0.2) is 9.84 Å². The zero-order chi connectivity index (χ0) is 13.6. The summed E-state index contributed by atoms with van der Waals surface area (Å²) in [7, 11) is -2.85. The lowest BCUT2D eigenvalue weighted by Crippen LogP contribution is -2.26. The van der Waals surface area contributed by atoms with Gasteiger partial charge in [-0.1, -0.05) is 0 Å². The van der Waals surface area contributed by atoms with E-state index in [0.29, 0.717) is 25.9 Å². The molecule has 8 heteroatoms. The number of sulfone groups is 1. The number of hydrogen-bond donors (Lipinski definition) is 1. The third kappa shape index (κ3) is 7.17. The van der Waals surface area contributed by atoms with Crippen LogP contribution in [0.4, 0.5) is 13.2 Å². The molecule has 108 valence electrons. The number of nitrogens with one attached hydrogen (secondary N) is 1. The second kappa shape index (κ2) is 6.72. The van der Waals surface area contributed by atoms with E-state index in [4.69, 9.17) is 0 Å². The van der Waals surface area contributed by atoms with Crippen LogP contribution < -0.4 is 5.32 Å². The highest BCUT2D eigenvalue weighted by Gasteiger charge is 2.28. The van der Waals surface area contributed by atoms with Gasteiger partial charge >= 0.3 is 6.18 Å². The van der Waals surface area contributed by atoms with Gasteiger partial charge < -0.3 is 10.1 Å². The summed E-state index contributed by atoms with van der Waals surface area (Å²) in [6.45, 7) is -0.0315. The number of ether oxygens (including phenoxy) is 1. The first-order valence-electron chi connectivity index (χ1n) is 5.84. The first-order valence-corrected chi connectivity index (χ1v) is 7.66. The van der Waals surface area contributed by atoms with Crippen molar-refractivity contribution in [3.05, 3.63) is 0 Å². The monoisotopic (exact) mass is 289 g/mol. The van der Waals surface area contributed by atoms with Crippen LogP contribution in [0.3, 0.4) is 0 Å². The fraction of sp³-hybridized carbons (Fsp3) is 1.00. The summed E-state index contributed by atoms with van der Waals surface area (Å²) in [6.07, 6.45) is -3.12. The van der Waals surface area contributed by atoms with Crippen molar-refractivity contribution < 1.29 is 26.3 Å². The molecule has 1 saturated heterocycles. The lowest BCUT2D eigenvalue weighted by molar-refractivity contribution is -0.173. The largest absolute Gasteiger partial charge is 0.411 e. The predicted molar refractivity (Wildman–Crippen MR) is 61.1 cm³/mol. The Balaban J connectivity index is 1.94. The molecule has 1 rings (SSSR count). The standard InChI is InChI=1S/C10H18F3NO3S/c11-10(12,13)8-17-4-1-3-14-6-9-2-5-18(15,16)7-9/h9,14H,1-8H2. The Labute approximate surface area is 105 Å². The third-order valence-electron chi connectivity index (χ3n) is 2.67. The van der Waals surface area contributed by atoms with E-state index in [1.807, 2.05) is 0 Å². The highest BCUT2D eigenvalue weighted by atomic mass is 32.2. The molecule has 4 nitrogen and oxygen atoms in total. The highest BCUT2D eigenvalue weighted by molar-refractivity contribution is 7.91. The Morgan fingerprint density at radius 2 is 2.06 bits per heavy atom. The highest BCUT2D eigenvalue weighted by Crippen LogP contribution is 2.17. The van der Waals surface area contributed by atoms with Crippen molar-refractivity contribution in [3.63, 3.8) is 0 Å². The van der Waals surface area contributed by atoms with Crippen molar-refractivity contribution in [2.24, 2.45) is 5.92 Å². The fourth-order valence-corrected chi connectivity index (χ4v) is 3.69. The Hall–Kier alpha value is -0.340. The first-order chi connectivity index (χ1) is 8.29. The van der Waals surface area contributed by atoms with Gasteiger partial charge in [0.1, 0.15) is 6.61 Å². The Kier molecular flexibility index (Phi) is 5.87. The van der Waals surface area contributed by atoms with Crippen molar-refractivity contribution in [2.75, 3.05) is 37.8 Å². The van der Waals surface area contributed by atoms with Crippen molar-refractivity contribution in [1.29, 1.82) is 0 Å². The Bertz CT molecular complexity index is 343. The van der Waals surface area contributed by atoms with E-state index in [0.717, 1.165) is 0 Å². The Morgan fingerprint density at radius 1 is 1.33 bits per heavy atom. The third-order valence-corrected chi connectivity index (χ3v) is 4.50. The van der Waals surface area contributed by atoms with Crippen LogP contribution in [0.1, 0.15) is 12.8 Å². The molecule has 0 bridgehead atoms. The van der Waals surface area contributed by atoms with Gasteiger partial charge in [-0.25, -0.2) is 8.42 Å². The second-order valence-corrected chi connectivity index (χ2v) is 6.72. The SMILES string of the molecule is O=S1(=O)CCC(CNCCCOCC(F)(F)F)C1. The van der Waals surface area contributed by atoms with Crippen LogP contribution in [0, 0.1) is 5.92 Å². The van der Waals surface area contributed by atoms with Crippen LogP contribution >= 0.6 is 0 Å². The van der Waals surface area contributed by atoms with Gasteiger partial charge in [0, 0.05) is 6.61 Å². The molecule has 1 atom stereocenters. The normalized spacial score (nSPS) is 23.4. The zero-order valence-electron chi connectivity index (χ0n) is 10.0. The van der Waals surface area contributed by atoms with Crippen LogP contribution in [0.15, 0.2) is 0 Å². The van der Waals surface area contributed by atoms with Crippen molar-refractivity contribution in [2.45, 2.75) is 19.0 Å². The summed E-state index contributed by atoms with van der Waals surface area (Å²) in [6, 6.07) is 0. The van der Waals surface area contributed by atoms with Gasteiger partial charge in [0.2, 0.25) is 0 Å². The molecule has 1 unspecified atom stereocenters. The van der Waals surface area contributed by atoms with Gasteiger partial charge in [-0.15, -0.1) is 0 Å². The molecule has 1 aliphatic rings. The lowest BCUT2D eigenvalue weighted by atomic mass is 10.1. The Morgan fingerprint density at radius 3 is 2.61 bits per heavy atom. The number of halogens is 3. The topological polar surface area (TPSA) is 55.4 Å². The number of rotatable bonds is 7. The molecular formula is C10H18F3NO3S. The summed E-state index contributed by atoms with van der Waals surface area (Å²) in [5.41, 5.74) is 0. The average Bonchev–Trinajstić information content (AvgIpc) is 2.55. The quantitative estimate of drug-likeness (QED) is 0.710. The molecule has 0 radical (unpaired) electrons. The van der Waals surface area contributed by atoms with Gasteiger partial charge in [-0.3, -0.25) is 0 Å². The first kappa shape index (κ1) is 15.7. The molecule has 0 saturated carbocycles. The van der Waals surface area contributed by atoms with Crippen LogP contribution in [0.2, 0.25) is 0 Å². The maximum Gasteiger partial charge on any atom is 0.411 e.